The number of carbonyl (C=O) groups excluding carboxylic acids is 2. The fraction of sp³-hybridized carbons (Fsp3) is 0.400. The first-order valence-electron chi connectivity index (χ1n) is 14.8. The monoisotopic (exact) mass is 584 g/mol. The van der Waals surface area contributed by atoms with E-state index < -0.39 is 0 Å². The standard InChI is InChI=1S/C35H44N4O4/c1-34(2,3)28-20-27(32(41)30(21-28)35(4,5)6)22-36-37-31(40)23-38-16-18-39(19-17-38)33(42)26-12-14-29(15-13-26)43-24-25-10-8-7-9-11-25/h7-15,20-22,41H,16-19,23-24H2,1-6H3,(H,37,40). The van der Waals surface area contributed by atoms with E-state index in [9.17, 15) is 14.7 Å². The van der Waals surface area contributed by atoms with Crippen molar-refractivity contribution in [3.63, 3.8) is 0 Å². The Kier molecular flexibility index (Phi) is 9.91. The van der Waals surface area contributed by atoms with Crippen LogP contribution in [0.5, 0.6) is 11.5 Å². The van der Waals surface area contributed by atoms with Gasteiger partial charge in [0.25, 0.3) is 11.8 Å². The van der Waals surface area contributed by atoms with Crippen LogP contribution in [-0.4, -0.2) is 65.7 Å². The van der Waals surface area contributed by atoms with E-state index in [2.05, 4.69) is 52.1 Å². The number of nitrogens with one attached hydrogen (secondary N) is 1. The molecule has 1 aliphatic rings. The molecule has 0 aromatic heterocycles. The van der Waals surface area contributed by atoms with E-state index >= 15 is 0 Å². The number of hydrazone groups is 1. The Morgan fingerprint density at radius 2 is 1.56 bits per heavy atom. The molecule has 1 heterocycles. The first-order valence-corrected chi connectivity index (χ1v) is 14.8. The zero-order valence-electron chi connectivity index (χ0n) is 26.2. The predicted octanol–water partition coefficient (Wildman–Crippen LogP) is 5.47. The van der Waals surface area contributed by atoms with Crippen molar-refractivity contribution in [1.82, 2.24) is 15.2 Å². The lowest BCUT2D eigenvalue weighted by atomic mass is 9.79. The third kappa shape index (κ3) is 8.67. The van der Waals surface area contributed by atoms with Crippen LogP contribution >= 0.6 is 0 Å². The summed E-state index contributed by atoms with van der Waals surface area (Å²) in [6.07, 6.45) is 1.51. The van der Waals surface area contributed by atoms with Crippen LogP contribution in [0, 0.1) is 0 Å². The first-order chi connectivity index (χ1) is 20.3. The number of aromatic hydroxyl groups is 1. The number of carbonyl (C=O) groups is 2. The minimum absolute atomic E-state index is 0.0322. The van der Waals surface area contributed by atoms with Crippen molar-refractivity contribution in [3.8, 4) is 11.5 Å². The smallest absolute Gasteiger partial charge is 0.254 e. The van der Waals surface area contributed by atoms with Gasteiger partial charge in [-0.25, -0.2) is 5.43 Å². The lowest BCUT2D eigenvalue weighted by Gasteiger charge is -2.34. The largest absolute Gasteiger partial charge is 0.507 e. The van der Waals surface area contributed by atoms with Crippen molar-refractivity contribution in [2.24, 2.45) is 5.10 Å². The molecule has 8 heteroatoms. The molecule has 2 amide bonds. The van der Waals surface area contributed by atoms with Crippen LogP contribution < -0.4 is 10.2 Å². The summed E-state index contributed by atoms with van der Waals surface area (Å²) in [6.45, 7) is 15.4. The second-order valence-corrected chi connectivity index (χ2v) is 13.1. The summed E-state index contributed by atoms with van der Waals surface area (Å²) in [5.74, 6) is 0.610. The van der Waals surface area contributed by atoms with Gasteiger partial charge in [0.15, 0.2) is 0 Å². The first kappa shape index (κ1) is 31.8. The van der Waals surface area contributed by atoms with Gasteiger partial charge in [0, 0.05) is 42.9 Å². The van der Waals surface area contributed by atoms with Gasteiger partial charge in [-0.05, 0) is 52.3 Å². The maximum Gasteiger partial charge on any atom is 0.254 e. The number of hydrogen-bond donors (Lipinski definition) is 2. The summed E-state index contributed by atoms with van der Waals surface area (Å²) < 4.78 is 5.83. The SMILES string of the molecule is CC(C)(C)c1cc(C=NNC(=O)CN2CCN(C(=O)c3ccc(OCc4ccccc4)cc3)CC2)c(O)c(C(C)(C)C)c1. The third-order valence-electron chi connectivity index (χ3n) is 7.58. The molecule has 228 valence electrons. The highest BCUT2D eigenvalue weighted by molar-refractivity contribution is 5.94. The summed E-state index contributed by atoms with van der Waals surface area (Å²) >= 11 is 0. The molecule has 1 saturated heterocycles. The fourth-order valence-electron chi connectivity index (χ4n) is 4.90. The van der Waals surface area contributed by atoms with Crippen LogP contribution in [0.2, 0.25) is 0 Å². The van der Waals surface area contributed by atoms with Crippen molar-refractivity contribution >= 4 is 18.0 Å². The van der Waals surface area contributed by atoms with E-state index in [0.29, 0.717) is 49.7 Å². The Bertz CT molecular complexity index is 1430. The van der Waals surface area contributed by atoms with Gasteiger partial charge in [0.05, 0.1) is 12.8 Å². The molecular weight excluding hydrogens is 540 g/mol. The van der Waals surface area contributed by atoms with E-state index in [1.54, 1.807) is 12.1 Å². The van der Waals surface area contributed by atoms with Crippen LogP contribution in [0.3, 0.4) is 0 Å². The molecule has 2 N–H and O–H groups in total. The second-order valence-electron chi connectivity index (χ2n) is 13.1. The zero-order chi connectivity index (χ0) is 31.2. The Morgan fingerprint density at radius 3 is 2.16 bits per heavy atom. The number of hydrogen-bond acceptors (Lipinski definition) is 6. The van der Waals surface area contributed by atoms with Gasteiger partial charge in [-0.15, -0.1) is 0 Å². The minimum Gasteiger partial charge on any atom is -0.507 e. The molecule has 0 saturated carbocycles. The van der Waals surface area contributed by atoms with E-state index in [0.717, 1.165) is 16.7 Å². The lowest BCUT2D eigenvalue weighted by molar-refractivity contribution is -0.122. The number of nitrogens with zero attached hydrogens (tertiary/aromatic N) is 3. The Balaban J connectivity index is 1.26. The molecule has 4 rings (SSSR count). The maximum absolute atomic E-state index is 13.0. The van der Waals surface area contributed by atoms with Crippen LogP contribution in [0.1, 0.15) is 74.2 Å². The molecule has 1 fully saturated rings. The number of benzene rings is 3. The Labute approximate surface area is 255 Å². The summed E-state index contributed by atoms with van der Waals surface area (Å²) in [6, 6.07) is 21.1. The van der Waals surface area contributed by atoms with E-state index in [-0.39, 0.29) is 34.9 Å². The van der Waals surface area contributed by atoms with Crippen molar-refractivity contribution in [2.45, 2.75) is 59.0 Å². The molecule has 0 radical (unpaired) electrons. The van der Waals surface area contributed by atoms with Gasteiger partial charge >= 0.3 is 0 Å². The zero-order valence-corrected chi connectivity index (χ0v) is 26.2. The Morgan fingerprint density at radius 1 is 0.907 bits per heavy atom. The Hall–Kier alpha value is -4.17. The molecule has 0 spiro atoms. The average molecular weight is 585 g/mol. The number of piperazine rings is 1. The van der Waals surface area contributed by atoms with Gasteiger partial charge in [0.2, 0.25) is 0 Å². The van der Waals surface area contributed by atoms with Crippen LogP contribution in [0.15, 0.2) is 71.8 Å². The normalized spacial score (nSPS) is 14.6. The van der Waals surface area contributed by atoms with Gasteiger partial charge in [0.1, 0.15) is 18.1 Å². The van der Waals surface area contributed by atoms with Gasteiger partial charge in [-0.1, -0.05) is 77.9 Å². The molecule has 0 unspecified atom stereocenters. The van der Waals surface area contributed by atoms with E-state index in [1.807, 2.05) is 64.4 Å². The van der Waals surface area contributed by atoms with Crippen LogP contribution in [0.4, 0.5) is 0 Å². The van der Waals surface area contributed by atoms with Crippen molar-refractivity contribution < 1.29 is 19.4 Å². The summed E-state index contributed by atoms with van der Waals surface area (Å²) in [4.78, 5) is 29.5. The maximum atomic E-state index is 13.0. The minimum atomic E-state index is -0.249. The van der Waals surface area contributed by atoms with Crippen LogP contribution in [-0.2, 0) is 22.2 Å². The predicted molar refractivity (Wildman–Crippen MR) is 171 cm³/mol. The quantitative estimate of drug-likeness (QED) is 0.270. The topological polar surface area (TPSA) is 94.5 Å². The molecule has 43 heavy (non-hydrogen) atoms. The highest BCUT2D eigenvalue weighted by Gasteiger charge is 2.25. The summed E-state index contributed by atoms with van der Waals surface area (Å²) in [5.41, 5.74) is 6.43. The van der Waals surface area contributed by atoms with E-state index in [4.69, 9.17) is 4.74 Å². The second kappa shape index (κ2) is 13.4. The summed E-state index contributed by atoms with van der Waals surface area (Å²) in [5, 5.41) is 15.1. The number of phenols is 1. The highest BCUT2D eigenvalue weighted by atomic mass is 16.5. The number of amides is 2. The van der Waals surface area contributed by atoms with Gasteiger partial charge in [-0.3, -0.25) is 14.5 Å². The highest BCUT2D eigenvalue weighted by Crippen LogP contribution is 2.37. The average Bonchev–Trinajstić information content (AvgIpc) is 2.96. The molecule has 0 bridgehead atoms. The molecular formula is C35H44N4O4. The van der Waals surface area contributed by atoms with E-state index in [1.165, 1.54) is 6.21 Å². The molecule has 0 atom stereocenters. The summed E-state index contributed by atoms with van der Waals surface area (Å²) in [7, 11) is 0. The molecule has 1 aliphatic heterocycles. The molecule has 3 aromatic carbocycles. The van der Waals surface area contributed by atoms with Crippen molar-refractivity contribution in [3.05, 3.63) is 94.5 Å². The van der Waals surface area contributed by atoms with Gasteiger partial charge in [-0.2, -0.15) is 5.10 Å². The fourth-order valence-corrected chi connectivity index (χ4v) is 4.90. The van der Waals surface area contributed by atoms with Crippen LogP contribution in [0.25, 0.3) is 0 Å². The molecule has 8 nitrogen and oxygen atoms in total. The molecule has 0 aliphatic carbocycles. The van der Waals surface area contributed by atoms with Crippen molar-refractivity contribution in [2.75, 3.05) is 32.7 Å². The van der Waals surface area contributed by atoms with Gasteiger partial charge < -0.3 is 14.7 Å². The lowest BCUT2D eigenvalue weighted by Crippen LogP contribution is -2.50. The number of phenolic OH excluding ortho intramolecular Hbond substituents is 1. The third-order valence-corrected chi connectivity index (χ3v) is 7.58. The number of ether oxygens (including phenoxy) is 1. The number of rotatable bonds is 8. The molecule has 3 aromatic rings. The van der Waals surface area contributed by atoms with Crippen molar-refractivity contribution in [1.29, 1.82) is 0 Å².